The van der Waals surface area contributed by atoms with Gasteiger partial charge in [-0.05, 0) is 0 Å². The van der Waals surface area contributed by atoms with E-state index in [-0.39, 0.29) is 11.5 Å². The van der Waals surface area contributed by atoms with Crippen LogP contribution in [0.4, 0.5) is 14.6 Å². The lowest BCUT2D eigenvalue weighted by Gasteiger charge is -2.15. The largest absolute Gasteiger partial charge is 0.610 e. The van der Waals surface area contributed by atoms with Crippen LogP contribution in [0, 0.1) is 0 Å². The number of rotatable bonds is 4. The molecular formula is C9H10F2N4O2S2. The van der Waals surface area contributed by atoms with Crippen LogP contribution < -0.4 is 5.06 Å². The Balaban J connectivity index is 2.67. The van der Waals surface area contributed by atoms with Gasteiger partial charge in [0.1, 0.15) is 11.0 Å². The number of hydrogen-bond donors (Lipinski definition) is 0. The maximum Gasteiger partial charge on any atom is 0.304 e. The van der Waals surface area contributed by atoms with Crippen LogP contribution in [-0.4, -0.2) is 39.9 Å². The number of hydroxylamine groups is 1. The summed E-state index contributed by atoms with van der Waals surface area (Å²) in [7, 11) is 2.91. The molecule has 2 aromatic rings. The van der Waals surface area contributed by atoms with Crippen molar-refractivity contribution >= 4 is 38.7 Å². The molecule has 0 amide bonds. The molecule has 2 heterocycles. The van der Waals surface area contributed by atoms with Crippen LogP contribution in [0.1, 0.15) is 12.2 Å². The maximum absolute atomic E-state index is 12.7. The Hall–Kier alpha value is -1.10. The number of thiazole rings is 1. The molecule has 2 rings (SSSR count). The van der Waals surface area contributed by atoms with Crippen LogP contribution in [0.3, 0.4) is 0 Å². The van der Waals surface area contributed by atoms with Gasteiger partial charge in [0.25, 0.3) is 6.43 Å². The smallest absolute Gasteiger partial charge is 0.304 e. The van der Waals surface area contributed by atoms with E-state index in [0.29, 0.717) is 9.04 Å². The summed E-state index contributed by atoms with van der Waals surface area (Å²) in [5.74, 6) is -0.456. The van der Waals surface area contributed by atoms with Crippen LogP contribution in [0.15, 0.2) is 4.34 Å². The predicted molar refractivity (Wildman–Crippen MR) is 67.9 cm³/mol. The molecule has 0 radical (unpaired) electrons. The first-order valence-electron chi connectivity index (χ1n) is 5.02. The molecule has 6 nitrogen and oxygen atoms in total. The number of aromatic nitrogens is 3. The van der Waals surface area contributed by atoms with E-state index in [2.05, 4.69) is 15.0 Å². The summed E-state index contributed by atoms with van der Waals surface area (Å²) >= 11 is -0.216. The first-order valence-corrected chi connectivity index (χ1v) is 7.39. The van der Waals surface area contributed by atoms with Gasteiger partial charge < -0.3 is 4.55 Å². The van der Waals surface area contributed by atoms with E-state index in [4.69, 9.17) is 4.84 Å². The second kappa shape index (κ2) is 5.49. The second-order valence-electron chi connectivity index (χ2n) is 3.47. The third kappa shape index (κ3) is 2.76. The molecule has 104 valence electrons. The third-order valence-electron chi connectivity index (χ3n) is 2.25. The lowest BCUT2D eigenvalue weighted by atomic mass is 10.5. The molecule has 2 aromatic heterocycles. The highest BCUT2D eigenvalue weighted by atomic mass is 32.2. The van der Waals surface area contributed by atoms with Crippen molar-refractivity contribution in [2.24, 2.45) is 0 Å². The van der Waals surface area contributed by atoms with Gasteiger partial charge in [-0.15, -0.1) is 0 Å². The van der Waals surface area contributed by atoms with Crippen molar-refractivity contribution in [3.05, 3.63) is 5.82 Å². The Bertz CT molecular complexity index is 593. The van der Waals surface area contributed by atoms with E-state index in [0.717, 1.165) is 11.3 Å². The maximum atomic E-state index is 12.7. The van der Waals surface area contributed by atoms with E-state index < -0.39 is 23.4 Å². The molecule has 0 saturated heterocycles. The molecule has 0 aliphatic rings. The highest BCUT2D eigenvalue weighted by Crippen LogP contribution is 2.32. The van der Waals surface area contributed by atoms with Gasteiger partial charge in [-0.1, -0.05) is 11.3 Å². The van der Waals surface area contributed by atoms with Crippen LogP contribution in [0.2, 0.25) is 0 Å². The summed E-state index contributed by atoms with van der Waals surface area (Å²) < 4.78 is 37.6. The zero-order valence-corrected chi connectivity index (χ0v) is 11.9. The monoisotopic (exact) mass is 308 g/mol. The van der Waals surface area contributed by atoms with Crippen LogP contribution in [0.5, 0.6) is 0 Å². The molecule has 0 aromatic carbocycles. The Kier molecular flexibility index (Phi) is 4.13. The van der Waals surface area contributed by atoms with E-state index in [9.17, 15) is 13.3 Å². The molecule has 0 aliphatic carbocycles. The Morgan fingerprint density at radius 3 is 2.58 bits per heavy atom. The zero-order valence-electron chi connectivity index (χ0n) is 10.3. The fraction of sp³-hybridized carbons (Fsp3) is 0.444. The van der Waals surface area contributed by atoms with Crippen molar-refractivity contribution in [1.82, 2.24) is 15.0 Å². The normalized spacial score (nSPS) is 13.2. The van der Waals surface area contributed by atoms with Crippen LogP contribution in [-0.2, 0) is 16.0 Å². The minimum absolute atomic E-state index is 0.0967. The van der Waals surface area contributed by atoms with Crippen molar-refractivity contribution in [1.29, 1.82) is 0 Å². The average Bonchev–Trinajstić information content (AvgIpc) is 2.80. The van der Waals surface area contributed by atoms with Gasteiger partial charge in [0.05, 0.1) is 7.11 Å². The van der Waals surface area contributed by atoms with E-state index in [1.807, 2.05) is 0 Å². The molecule has 0 N–H and O–H groups in total. The highest BCUT2D eigenvalue weighted by Gasteiger charge is 2.23. The first kappa shape index (κ1) is 14.3. The van der Waals surface area contributed by atoms with Crippen LogP contribution in [0.25, 0.3) is 10.3 Å². The lowest BCUT2D eigenvalue weighted by molar-refractivity contribution is 0.139. The molecule has 0 aliphatic heterocycles. The summed E-state index contributed by atoms with van der Waals surface area (Å²) in [6.45, 7) is 0. The van der Waals surface area contributed by atoms with E-state index in [1.165, 1.54) is 25.5 Å². The summed E-state index contributed by atoms with van der Waals surface area (Å²) in [5.41, 5.74) is 0.0967. The minimum atomic E-state index is -2.81. The number of hydrogen-bond acceptors (Lipinski definition) is 7. The van der Waals surface area contributed by atoms with E-state index >= 15 is 0 Å². The molecule has 10 heteroatoms. The summed E-state index contributed by atoms with van der Waals surface area (Å²) in [6, 6.07) is 0. The van der Waals surface area contributed by atoms with Crippen molar-refractivity contribution in [3.8, 4) is 0 Å². The molecule has 1 atom stereocenters. The summed E-state index contributed by atoms with van der Waals surface area (Å²) in [5, 5.41) is 1.23. The number of alkyl halides is 2. The second-order valence-corrected chi connectivity index (χ2v) is 6.03. The Morgan fingerprint density at radius 2 is 2.05 bits per heavy atom. The average molecular weight is 308 g/mol. The van der Waals surface area contributed by atoms with Gasteiger partial charge in [-0.3, -0.25) is 4.84 Å². The molecule has 19 heavy (non-hydrogen) atoms. The molecule has 0 fully saturated rings. The molecule has 1 unspecified atom stereocenters. The van der Waals surface area contributed by atoms with Crippen molar-refractivity contribution < 1.29 is 18.2 Å². The van der Waals surface area contributed by atoms with Gasteiger partial charge in [-0.25, -0.2) is 23.8 Å². The molecule has 0 saturated carbocycles. The minimum Gasteiger partial charge on any atom is -0.610 e. The number of fused-ring (bicyclic) bond motifs is 1. The fourth-order valence-corrected chi connectivity index (χ4v) is 3.02. The summed E-state index contributed by atoms with van der Waals surface area (Å²) in [6.07, 6.45) is -1.36. The van der Waals surface area contributed by atoms with Gasteiger partial charge in [0, 0.05) is 18.2 Å². The topological polar surface area (TPSA) is 74.2 Å². The Labute approximate surface area is 114 Å². The predicted octanol–water partition coefficient (Wildman–Crippen LogP) is 1.76. The van der Waals surface area contributed by atoms with Crippen molar-refractivity contribution in [2.75, 3.05) is 25.5 Å². The fourth-order valence-electron chi connectivity index (χ4n) is 1.33. The van der Waals surface area contributed by atoms with Gasteiger partial charge in [0.15, 0.2) is 17.3 Å². The first-order chi connectivity index (χ1) is 8.93. The van der Waals surface area contributed by atoms with Crippen molar-refractivity contribution in [3.63, 3.8) is 0 Å². The SMILES string of the molecule is CON(C)c1nc(C(F)F)nc2nc([S+](C)[O-])sc12. The lowest BCUT2D eigenvalue weighted by Crippen LogP contribution is -2.17. The quantitative estimate of drug-likeness (QED) is 0.633. The molecule has 0 bridgehead atoms. The third-order valence-corrected chi connectivity index (χ3v) is 4.62. The van der Waals surface area contributed by atoms with Gasteiger partial charge in [0.2, 0.25) is 0 Å². The van der Waals surface area contributed by atoms with E-state index in [1.54, 1.807) is 0 Å². The zero-order chi connectivity index (χ0) is 14.2. The highest BCUT2D eigenvalue weighted by molar-refractivity contribution is 7.92. The number of halogens is 2. The van der Waals surface area contributed by atoms with Crippen LogP contribution >= 0.6 is 11.3 Å². The van der Waals surface area contributed by atoms with Gasteiger partial charge in [-0.2, -0.15) is 4.98 Å². The molecule has 0 spiro atoms. The summed E-state index contributed by atoms with van der Waals surface area (Å²) in [4.78, 5) is 16.4. The molecular weight excluding hydrogens is 298 g/mol. The number of nitrogens with zero attached hydrogens (tertiary/aromatic N) is 4. The number of anilines is 1. The Morgan fingerprint density at radius 1 is 1.37 bits per heavy atom. The standard InChI is InChI=1S/C9H10F2N4O2S2/c1-15(17-2)8-4-6(12-7(13-8)5(10)11)14-9(18-4)19(3)16/h5H,1-3H3. The van der Waals surface area contributed by atoms with Gasteiger partial charge >= 0.3 is 4.34 Å². The van der Waals surface area contributed by atoms with Crippen molar-refractivity contribution in [2.45, 2.75) is 10.8 Å².